The number of rotatable bonds is 6. The number of amides is 1. The number of nitrogens with zero attached hydrogens (tertiary/aromatic N) is 2. The Morgan fingerprint density at radius 3 is 2.87 bits per heavy atom. The summed E-state index contributed by atoms with van der Waals surface area (Å²) in [5.74, 6) is 0.376. The minimum Gasteiger partial charge on any atom is -0.465 e. The topological polar surface area (TPSA) is 94.3 Å². The maximum atomic E-state index is 12.0. The number of carbonyl (C=O) groups is 2. The van der Waals surface area contributed by atoms with Gasteiger partial charge in [-0.25, -0.2) is 4.79 Å². The number of anilines is 1. The van der Waals surface area contributed by atoms with Gasteiger partial charge in [0.25, 0.3) is 5.22 Å². The Bertz CT molecular complexity index is 727. The maximum Gasteiger partial charge on any atom is 0.339 e. The van der Waals surface area contributed by atoms with Gasteiger partial charge in [-0.3, -0.25) is 4.79 Å². The first-order valence-corrected chi connectivity index (χ1v) is 8.09. The molecule has 1 fully saturated rings. The molecule has 1 aliphatic rings. The molecule has 0 aliphatic heterocycles. The smallest absolute Gasteiger partial charge is 0.339 e. The van der Waals surface area contributed by atoms with Crippen molar-refractivity contribution in [3.63, 3.8) is 0 Å². The lowest BCUT2D eigenvalue weighted by molar-refractivity contribution is -0.113. The zero-order chi connectivity index (χ0) is 16.2. The van der Waals surface area contributed by atoms with Crippen LogP contribution >= 0.6 is 11.8 Å². The zero-order valence-electron chi connectivity index (χ0n) is 12.4. The summed E-state index contributed by atoms with van der Waals surface area (Å²) < 4.78 is 10.2. The molecule has 7 nitrogen and oxygen atoms in total. The van der Waals surface area contributed by atoms with Crippen LogP contribution in [0, 0.1) is 0 Å². The highest BCUT2D eigenvalue weighted by atomic mass is 32.2. The van der Waals surface area contributed by atoms with E-state index in [1.54, 1.807) is 24.3 Å². The zero-order valence-corrected chi connectivity index (χ0v) is 13.3. The van der Waals surface area contributed by atoms with E-state index in [1.165, 1.54) is 18.9 Å². The van der Waals surface area contributed by atoms with Crippen molar-refractivity contribution in [2.75, 3.05) is 18.2 Å². The van der Waals surface area contributed by atoms with Gasteiger partial charge in [0.1, 0.15) is 0 Å². The fraction of sp³-hybridized carbons (Fsp3) is 0.333. The van der Waals surface area contributed by atoms with Gasteiger partial charge >= 0.3 is 5.97 Å². The highest BCUT2D eigenvalue weighted by Crippen LogP contribution is 2.39. The quantitative estimate of drug-likeness (QED) is 0.641. The van der Waals surface area contributed by atoms with Crippen LogP contribution in [0.4, 0.5) is 5.69 Å². The van der Waals surface area contributed by atoms with Crippen molar-refractivity contribution >= 4 is 29.3 Å². The van der Waals surface area contributed by atoms with Gasteiger partial charge in [-0.05, 0) is 25.0 Å². The lowest BCUT2D eigenvalue weighted by Crippen LogP contribution is -2.17. The van der Waals surface area contributed by atoms with Gasteiger partial charge in [0, 0.05) is 5.92 Å². The Kier molecular flexibility index (Phi) is 4.61. The average Bonchev–Trinajstić information content (AvgIpc) is 3.31. The van der Waals surface area contributed by atoms with Crippen molar-refractivity contribution in [2.24, 2.45) is 0 Å². The summed E-state index contributed by atoms with van der Waals surface area (Å²) in [5, 5.41) is 10.9. The molecule has 0 unspecified atom stereocenters. The van der Waals surface area contributed by atoms with Crippen molar-refractivity contribution in [3.8, 4) is 0 Å². The predicted molar refractivity (Wildman–Crippen MR) is 83.4 cm³/mol. The molecule has 120 valence electrons. The minimum absolute atomic E-state index is 0.113. The molecule has 1 heterocycles. The number of esters is 1. The number of ether oxygens (including phenoxy) is 1. The molecule has 23 heavy (non-hydrogen) atoms. The molecule has 1 N–H and O–H groups in total. The summed E-state index contributed by atoms with van der Waals surface area (Å²) in [6.07, 6.45) is 2.16. The van der Waals surface area contributed by atoms with Gasteiger partial charge in [-0.15, -0.1) is 10.2 Å². The molecule has 0 radical (unpaired) electrons. The number of nitrogens with one attached hydrogen (secondary N) is 1. The Labute approximate surface area is 136 Å². The summed E-state index contributed by atoms with van der Waals surface area (Å²) in [4.78, 5) is 23.7. The molecule has 3 rings (SSSR count). The van der Waals surface area contributed by atoms with Crippen LogP contribution in [0.15, 0.2) is 33.9 Å². The van der Waals surface area contributed by atoms with Crippen LogP contribution in [0.1, 0.15) is 35.0 Å². The fourth-order valence-corrected chi connectivity index (χ4v) is 2.54. The number of carbonyl (C=O) groups excluding carboxylic acids is 2. The van der Waals surface area contributed by atoms with E-state index >= 15 is 0 Å². The molecule has 0 bridgehead atoms. The summed E-state index contributed by atoms with van der Waals surface area (Å²) in [5.41, 5.74) is 0.719. The summed E-state index contributed by atoms with van der Waals surface area (Å²) in [6, 6.07) is 6.67. The molecular weight excluding hydrogens is 318 g/mol. The SMILES string of the molecule is COC(=O)c1ccccc1NC(=O)CSc1nnc(C2CC2)o1. The second kappa shape index (κ2) is 6.82. The van der Waals surface area contributed by atoms with Crippen LogP contribution in [-0.2, 0) is 9.53 Å². The molecule has 8 heteroatoms. The number of methoxy groups -OCH3 is 1. The Balaban J connectivity index is 1.57. The molecule has 1 aromatic carbocycles. The molecule has 0 saturated heterocycles. The molecule has 0 spiro atoms. The van der Waals surface area contributed by atoms with E-state index in [4.69, 9.17) is 9.15 Å². The van der Waals surface area contributed by atoms with E-state index in [0.29, 0.717) is 28.3 Å². The number of thioether (sulfide) groups is 1. The number of aromatic nitrogens is 2. The molecular formula is C15H15N3O4S. The molecule has 0 atom stereocenters. The van der Waals surface area contributed by atoms with Crippen LogP contribution in [0.2, 0.25) is 0 Å². The van der Waals surface area contributed by atoms with Gasteiger partial charge in [-0.2, -0.15) is 0 Å². The van der Waals surface area contributed by atoms with E-state index < -0.39 is 5.97 Å². The van der Waals surface area contributed by atoms with Gasteiger partial charge < -0.3 is 14.5 Å². The Morgan fingerprint density at radius 1 is 1.35 bits per heavy atom. The number of benzene rings is 1. The standard InChI is InChI=1S/C15H15N3O4S/c1-21-14(20)10-4-2-3-5-11(10)16-12(19)8-23-15-18-17-13(22-15)9-6-7-9/h2-5,9H,6-8H2,1H3,(H,16,19). The second-order valence-corrected chi connectivity index (χ2v) is 5.98. The van der Waals surface area contributed by atoms with Crippen molar-refractivity contribution < 1.29 is 18.7 Å². The van der Waals surface area contributed by atoms with E-state index in [-0.39, 0.29) is 11.7 Å². The van der Waals surface area contributed by atoms with Gasteiger partial charge in [0.05, 0.1) is 24.1 Å². The van der Waals surface area contributed by atoms with Gasteiger partial charge in [0.2, 0.25) is 11.8 Å². The lowest BCUT2D eigenvalue weighted by atomic mass is 10.2. The molecule has 2 aromatic rings. The monoisotopic (exact) mass is 333 g/mol. The van der Waals surface area contributed by atoms with Gasteiger partial charge in [0.15, 0.2) is 0 Å². The number of para-hydroxylation sites is 1. The first-order chi connectivity index (χ1) is 11.2. The second-order valence-electron chi connectivity index (χ2n) is 5.05. The largest absolute Gasteiger partial charge is 0.465 e. The highest BCUT2D eigenvalue weighted by Gasteiger charge is 2.29. The van der Waals surface area contributed by atoms with Gasteiger partial charge in [-0.1, -0.05) is 23.9 Å². The van der Waals surface area contributed by atoms with Crippen molar-refractivity contribution in [2.45, 2.75) is 24.0 Å². The van der Waals surface area contributed by atoms with E-state index in [0.717, 1.165) is 12.8 Å². The normalized spacial score (nSPS) is 13.6. The average molecular weight is 333 g/mol. The third-order valence-corrected chi connectivity index (χ3v) is 4.10. The third kappa shape index (κ3) is 3.89. The third-order valence-electron chi connectivity index (χ3n) is 3.28. The van der Waals surface area contributed by atoms with Crippen molar-refractivity contribution in [1.29, 1.82) is 0 Å². The van der Waals surface area contributed by atoms with Crippen LogP contribution in [0.25, 0.3) is 0 Å². The van der Waals surface area contributed by atoms with Crippen molar-refractivity contribution in [3.05, 3.63) is 35.7 Å². The van der Waals surface area contributed by atoms with E-state index in [2.05, 4.69) is 15.5 Å². The van der Waals surface area contributed by atoms with Crippen LogP contribution < -0.4 is 5.32 Å². The Morgan fingerprint density at radius 2 is 2.13 bits per heavy atom. The van der Waals surface area contributed by atoms with Crippen LogP contribution in [0.3, 0.4) is 0 Å². The van der Waals surface area contributed by atoms with E-state index in [9.17, 15) is 9.59 Å². The van der Waals surface area contributed by atoms with Crippen LogP contribution in [-0.4, -0.2) is 34.9 Å². The predicted octanol–water partition coefficient (Wildman–Crippen LogP) is 2.46. The molecule has 1 amide bonds. The van der Waals surface area contributed by atoms with E-state index in [1.807, 2.05) is 0 Å². The summed E-state index contributed by atoms with van der Waals surface area (Å²) in [6.45, 7) is 0. The Hall–Kier alpha value is -2.35. The summed E-state index contributed by atoms with van der Waals surface area (Å²) >= 11 is 1.17. The minimum atomic E-state index is -0.500. The fourth-order valence-electron chi connectivity index (χ4n) is 1.97. The van der Waals surface area contributed by atoms with Crippen LogP contribution in [0.5, 0.6) is 0 Å². The number of hydrogen-bond donors (Lipinski definition) is 1. The first-order valence-electron chi connectivity index (χ1n) is 7.10. The molecule has 1 saturated carbocycles. The van der Waals surface area contributed by atoms with Crippen molar-refractivity contribution in [1.82, 2.24) is 10.2 Å². The maximum absolute atomic E-state index is 12.0. The lowest BCUT2D eigenvalue weighted by Gasteiger charge is -2.08. The highest BCUT2D eigenvalue weighted by molar-refractivity contribution is 7.99. The number of hydrogen-bond acceptors (Lipinski definition) is 7. The molecule has 1 aromatic heterocycles. The molecule has 1 aliphatic carbocycles. The summed E-state index contributed by atoms with van der Waals surface area (Å²) in [7, 11) is 1.30. The first kappa shape index (κ1) is 15.5.